The molecule has 5 rings (SSSR count). The Bertz CT molecular complexity index is 1230. The lowest BCUT2D eigenvalue weighted by Crippen LogP contribution is -2.86. The molecule has 4 unspecified atom stereocenters. The molecule has 2 saturated heterocycles. The van der Waals surface area contributed by atoms with Crippen molar-refractivity contribution in [2.24, 2.45) is 16.7 Å². The maximum Gasteiger partial charge on any atom is 0.320 e. The maximum atomic E-state index is 13.9. The Morgan fingerprint density at radius 2 is 1.69 bits per heavy atom. The SMILES string of the molecule is C=C[C@@]1(C)CC(=O)[C@]2(O)C3(C)C(C(OC(=O)CN4CCC(O)(c5ccccc5)CC4)C(O)[C@@]2(C)O1)C(C)(C)CC[C@@H]3O. The van der Waals surface area contributed by atoms with Crippen molar-refractivity contribution in [3.63, 3.8) is 0 Å². The van der Waals surface area contributed by atoms with Crippen molar-refractivity contribution in [3.8, 4) is 0 Å². The van der Waals surface area contributed by atoms with Gasteiger partial charge in [0, 0.05) is 30.8 Å². The van der Waals surface area contributed by atoms with Crippen LogP contribution in [0.4, 0.5) is 0 Å². The Balaban J connectivity index is 1.43. The van der Waals surface area contributed by atoms with E-state index in [1.165, 1.54) is 13.0 Å². The van der Waals surface area contributed by atoms with Crippen LogP contribution < -0.4 is 0 Å². The van der Waals surface area contributed by atoms with E-state index in [2.05, 4.69) is 6.58 Å². The number of hydrogen-bond acceptors (Lipinski definition) is 9. The molecule has 4 aliphatic rings. The van der Waals surface area contributed by atoms with Crippen molar-refractivity contribution < 1.29 is 39.5 Å². The summed E-state index contributed by atoms with van der Waals surface area (Å²) >= 11 is 0. The number of rotatable bonds is 5. The van der Waals surface area contributed by atoms with Crippen LogP contribution in [0.25, 0.3) is 0 Å². The molecule has 4 fully saturated rings. The average Bonchev–Trinajstić information content (AvgIpc) is 2.94. The highest BCUT2D eigenvalue weighted by Gasteiger charge is 2.81. The van der Waals surface area contributed by atoms with E-state index >= 15 is 0 Å². The molecule has 0 radical (unpaired) electrons. The Hall–Kier alpha value is -2.14. The second-order valence-corrected chi connectivity index (χ2v) is 14.4. The highest BCUT2D eigenvalue weighted by molar-refractivity contribution is 5.92. The molecule has 8 atom stereocenters. The molecule has 1 aromatic rings. The molecular weight excluding hydrogens is 538 g/mol. The zero-order valence-corrected chi connectivity index (χ0v) is 25.5. The molecule has 2 saturated carbocycles. The van der Waals surface area contributed by atoms with Gasteiger partial charge in [-0.2, -0.15) is 0 Å². The first-order chi connectivity index (χ1) is 19.5. The topological polar surface area (TPSA) is 137 Å². The van der Waals surface area contributed by atoms with Crippen LogP contribution in [-0.4, -0.2) is 91.8 Å². The number of nitrogens with zero attached hydrogens (tertiary/aromatic N) is 1. The highest BCUT2D eigenvalue weighted by Crippen LogP contribution is 2.67. The highest BCUT2D eigenvalue weighted by atomic mass is 16.6. The largest absolute Gasteiger partial charge is 0.458 e. The fourth-order valence-corrected chi connectivity index (χ4v) is 8.89. The summed E-state index contributed by atoms with van der Waals surface area (Å²) < 4.78 is 12.5. The third-order valence-electron chi connectivity index (χ3n) is 11.4. The minimum atomic E-state index is -2.25. The van der Waals surface area contributed by atoms with Crippen LogP contribution >= 0.6 is 0 Å². The van der Waals surface area contributed by atoms with Gasteiger partial charge < -0.3 is 29.9 Å². The third-order valence-corrected chi connectivity index (χ3v) is 11.4. The van der Waals surface area contributed by atoms with Crippen molar-refractivity contribution in [2.45, 2.75) is 107 Å². The van der Waals surface area contributed by atoms with Crippen molar-refractivity contribution in [3.05, 3.63) is 48.6 Å². The number of piperidine rings is 1. The first kappa shape index (κ1) is 31.3. The summed E-state index contributed by atoms with van der Waals surface area (Å²) in [5, 5.41) is 47.1. The third kappa shape index (κ3) is 4.42. The van der Waals surface area contributed by atoms with Crippen LogP contribution in [0.3, 0.4) is 0 Å². The summed E-state index contributed by atoms with van der Waals surface area (Å²) in [4.78, 5) is 29.4. The second-order valence-electron chi connectivity index (χ2n) is 14.4. The van der Waals surface area contributed by atoms with E-state index in [9.17, 15) is 30.0 Å². The smallest absolute Gasteiger partial charge is 0.320 e. The van der Waals surface area contributed by atoms with Gasteiger partial charge in [0.25, 0.3) is 0 Å². The standard InChI is InChI=1S/C33H47NO8/c1-7-29(4)19-23(36)33(40)30(5)22(35)13-14-28(2,3)26(30)25(27(38)31(33,6)42-29)41-24(37)20-34-17-15-32(39,16-18-34)21-11-9-8-10-12-21/h7-12,22,25-27,35,38-40H,1,13-20H2,2-6H3/t22-,25?,26?,27?,29-,30?,31+,33-/m0/s1. The molecule has 2 aliphatic heterocycles. The number of hydrogen-bond donors (Lipinski definition) is 4. The zero-order valence-electron chi connectivity index (χ0n) is 25.5. The van der Waals surface area contributed by atoms with Crippen molar-refractivity contribution in [1.29, 1.82) is 0 Å². The number of ether oxygens (including phenoxy) is 2. The molecular formula is C33H47NO8. The molecule has 2 heterocycles. The van der Waals surface area contributed by atoms with E-state index in [-0.39, 0.29) is 13.0 Å². The van der Waals surface area contributed by atoms with Crippen LogP contribution in [0.2, 0.25) is 0 Å². The zero-order chi connectivity index (χ0) is 30.9. The van der Waals surface area contributed by atoms with Gasteiger partial charge in [0.1, 0.15) is 17.8 Å². The molecule has 42 heavy (non-hydrogen) atoms. The molecule has 9 nitrogen and oxygen atoms in total. The first-order valence-electron chi connectivity index (χ1n) is 15.1. The van der Waals surface area contributed by atoms with E-state index in [1.54, 1.807) is 13.8 Å². The molecule has 9 heteroatoms. The molecule has 0 spiro atoms. The monoisotopic (exact) mass is 585 g/mol. The maximum absolute atomic E-state index is 13.9. The van der Waals surface area contributed by atoms with Gasteiger partial charge >= 0.3 is 5.97 Å². The number of aliphatic hydroxyl groups excluding tert-OH is 2. The molecule has 0 amide bonds. The van der Waals surface area contributed by atoms with Gasteiger partial charge in [-0.05, 0) is 50.5 Å². The van der Waals surface area contributed by atoms with Crippen molar-refractivity contribution in [1.82, 2.24) is 4.90 Å². The Kier molecular flexibility index (Phi) is 7.61. The van der Waals surface area contributed by atoms with E-state index in [1.807, 2.05) is 49.1 Å². The molecule has 0 bridgehead atoms. The second kappa shape index (κ2) is 10.2. The Morgan fingerprint density at radius 3 is 2.29 bits per heavy atom. The van der Waals surface area contributed by atoms with E-state index in [0.717, 1.165) is 5.56 Å². The molecule has 1 aromatic carbocycles. The summed E-state index contributed by atoms with van der Waals surface area (Å²) in [6, 6.07) is 9.51. The van der Waals surface area contributed by atoms with Crippen molar-refractivity contribution in [2.75, 3.05) is 19.6 Å². The molecule has 232 valence electrons. The molecule has 0 aromatic heterocycles. The minimum absolute atomic E-state index is 0.0500. The van der Waals surface area contributed by atoms with Crippen LogP contribution in [0.5, 0.6) is 0 Å². The van der Waals surface area contributed by atoms with E-state index in [4.69, 9.17) is 9.47 Å². The van der Waals surface area contributed by atoms with E-state index in [0.29, 0.717) is 38.8 Å². The summed E-state index contributed by atoms with van der Waals surface area (Å²) in [5.41, 5.74) is -7.51. The minimum Gasteiger partial charge on any atom is -0.458 e. The summed E-state index contributed by atoms with van der Waals surface area (Å²) in [7, 11) is 0. The van der Waals surface area contributed by atoms with Crippen LogP contribution in [0, 0.1) is 16.7 Å². The number of ketones is 1. The van der Waals surface area contributed by atoms with Gasteiger partial charge in [-0.1, -0.05) is 57.2 Å². The lowest BCUT2D eigenvalue weighted by atomic mass is 9.40. The Labute approximate surface area is 248 Å². The van der Waals surface area contributed by atoms with Gasteiger partial charge in [-0.15, -0.1) is 6.58 Å². The lowest BCUT2D eigenvalue weighted by molar-refractivity contribution is -0.370. The number of aliphatic hydroxyl groups is 4. The van der Waals surface area contributed by atoms with Crippen LogP contribution in [0.1, 0.15) is 72.3 Å². The van der Waals surface area contributed by atoms with Crippen LogP contribution in [-0.2, 0) is 24.7 Å². The fourth-order valence-electron chi connectivity index (χ4n) is 8.89. The fraction of sp³-hybridized carbons (Fsp3) is 0.697. The molecule has 2 aliphatic carbocycles. The average molecular weight is 586 g/mol. The van der Waals surface area contributed by atoms with Gasteiger partial charge in [-0.25, -0.2) is 0 Å². The summed E-state index contributed by atoms with van der Waals surface area (Å²) in [6.07, 6.45) is -0.733. The number of carbonyl (C=O) groups excluding carboxylic acids is 2. The summed E-state index contributed by atoms with van der Waals surface area (Å²) in [6.45, 7) is 13.4. The number of Topliss-reactive ketones (excluding diaryl/α,β-unsaturated/α-hetero) is 1. The van der Waals surface area contributed by atoms with Crippen LogP contribution in [0.15, 0.2) is 43.0 Å². The summed E-state index contributed by atoms with van der Waals surface area (Å²) in [5.74, 6) is -1.85. The first-order valence-corrected chi connectivity index (χ1v) is 15.1. The normalized spacial score (nSPS) is 43.1. The van der Waals surface area contributed by atoms with Gasteiger partial charge in [0.05, 0.1) is 23.9 Å². The van der Waals surface area contributed by atoms with Gasteiger partial charge in [0.15, 0.2) is 11.4 Å². The number of fused-ring (bicyclic) bond motifs is 3. The predicted octanol–water partition coefficient (Wildman–Crippen LogP) is 2.48. The number of esters is 1. The number of likely N-dealkylation sites (tertiary alicyclic amines) is 1. The predicted molar refractivity (Wildman–Crippen MR) is 155 cm³/mol. The van der Waals surface area contributed by atoms with E-state index < -0.39 is 69.2 Å². The Morgan fingerprint density at radius 1 is 1.07 bits per heavy atom. The van der Waals surface area contributed by atoms with Crippen molar-refractivity contribution >= 4 is 11.8 Å². The van der Waals surface area contributed by atoms with Gasteiger partial charge in [0.2, 0.25) is 0 Å². The lowest BCUT2D eigenvalue weighted by Gasteiger charge is -2.71. The number of benzene rings is 1. The van der Waals surface area contributed by atoms with Gasteiger partial charge in [-0.3, -0.25) is 14.5 Å². The molecule has 4 N–H and O–H groups in total. The number of carbonyl (C=O) groups is 2. The quantitative estimate of drug-likeness (QED) is 0.303.